The maximum atomic E-state index is 13.6. The Labute approximate surface area is 194 Å². The van der Waals surface area contributed by atoms with Crippen LogP contribution < -0.4 is 10.1 Å². The first kappa shape index (κ1) is 24.0. The molecule has 0 saturated carbocycles. The van der Waals surface area contributed by atoms with Crippen molar-refractivity contribution >= 4 is 11.6 Å². The van der Waals surface area contributed by atoms with E-state index in [1.165, 1.54) is 53.3 Å². The van der Waals surface area contributed by atoms with E-state index in [1.54, 1.807) is 18.2 Å². The van der Waals surface area contributed by atoms with Gasteiger partial charge in [-0.1, -0.05) is 24.3 Å². The van der Waals surface area contributed by atoms with E-state index >= 15 is 0 Å². The Morgan fingerprint density at radius 1 is 1.00 bits per heavy atom. The fraction of sp³-hybridized carbons (Fsp3) is 0.174. The Morgan fingerprint density at radius 2 is 1.74 bits per heavy atom. The first-order chi connectivity index (χ1) is 16.5. The standard InChI is InChI=1S/C23H16F6N4O2/c24-22(25,26)13-35-18-8-2-1-6-15(18)16-7-4-10-33-12-17(31-20(16)33)21(34)32-19(23(27,28)29)14-5-3-9-30-11-14/h1-12,19H,13H2,(H,32,34)/t19-/m1/s1. The molecule has 35 heavy (non-hydrogen) atoms. The Bertz CT molecular complexity index is 1340. The van der Waals surface area contributed by atoms with Crippen molar-refractivity contribution in [3.05, 3.63) is 84.6 Å². The number of rotatable bonds is 6. The molecule has 0 bridgehead atoms. The summed E-state index contributed by atoms with van der Waals surface area (Å²) in [7, 11) is 0. The highest BCUT2D eigenvalue weighted by Gasteiger charge is 2.42. The van der Waals surface area contributed by atoms with Crippen LogP contribution in [0.5, 0.6) is 5.75 Å². The first-order valence-electron chi connectivity index (χ1n) is 10.1. The third-order valence-corrected chi connectivity index (χ3v) is 4.90. The number of amides is 1. The second kappa shape index (κ2) is 9.28. The summed E-state index contributed by atoms with van der Waals surface area (Å²) in [6, 6.07) is 9.23. The lowest BCUT2D eigenvalue weighted by Crippen LogP contribution is -2.38. The molecule has 1 aromatic carbocycles. The summed E-state index contributed by atoms with van der Waals surface area (Å²) in [4.78, 5) is 20.5. The zero-order chi connectivity index (χ0) is 25.2. The van der Waals surface area contributed by atoms with Crippen molar-refractivity contribution in [2.45, 2.75) is 18.4 Å². The van der Waals surface area contributed by atoms with E-state index in [0.29, 0.717) is 5.56 Å². The van der Waals surface area contributed by atoms with Crippen molar-refractivity contribution < 1.29 is 35.9 Å². The smallest absolute Gasteiger partial charge is 0.422 e. The number of nitrogens with zero attached hydrogens (tertiary/aromatic N) is 3. The molecular formula is C23H16F6N4O2. The highest BCUT2D eigenvalue weighted by Crippen LogP contribution is 2.34. The molecule has 6 nitrogen and oxygen atoms in total. The van der Waals surface area contributed by atoms with Gasteiger partial charge in [0, 0.05) is 41.5 Å². The molecular weight excluding hydrogens is 478 g/mol. The zero-order valence-electron chi connectivity index (χ0n) is 17.6. The molecule has 0 spiro atoms. The molecule has 182 valence electrons. The Balaban J connectivity index is 1.68. The number of hydrogen-bond donors (Lipinski definition) is 1. The highest BCUT2D eigenvalue weighted by molar-refractivity contribution is 5.94. The van der Waals surface area contributed by atoms with Crippen molar-refractivity contribution in [2.75, 3.05) is 6.61 Å². The molecule has 1 amide bonds. The lowest BCUT2D eigenvalue weighted by Gasteiger charge is -2.21. The van der Waals surface area contributed by atoms with E-state index in [-0.39, 0.29) is 28.2 Å². The average molecular weight is 494 g/mol. The number of nitrogens with one attached hydrogen (secondary N) is 1. The molecule has 0 aliphatic rings. The predicted octanol–water partition coefficient (Wildman–Crippen LogP) is 5.37. The van der Waals surface area contributed by atoms with Gasteiger partial charge >= 0.3 is 12.4 Å². The van der Waals surface area contributed by atoms with Gasteiger partial charge in [0.15, 0.2) is 12.6 Å². The van der Waals surface area contributed by atoms with Crippen LogP contribution in [0.1, 0.15) is 22.1 Å². The fourth-order valence-electron chi connectivity index (χ4n) is 3.41. The maximum absolute atomic E-state index is 13.6. The van der Waals surface area contributed by atoms with E-state index in [2.05, 4.69) is 9.97 Å². The van der Waals surface area contributed by atoms with Gasteiger partial charge in [-0.05, 0) is 24.3 Å². The van der Waals surface area contributed by atoms with E-state index in [1.807, 2.05) is 5.32 Å². The normalized spacial score (nSPS) is 13.0. The lowest BCUT2D eigenvalue weighted by molar-refractivity contribution is -0.155. The summed E-state index contributed by atoms with van der Waals surface area (Å²) in [5.74, 6) is -1.16. The molecule has 0 saturated heterocycles. The van der Waals surface area contributed by atoms with Crippen molar-refractivity contribution in [2.24, 2.45) is 0 Å². The molecule has 0 unspecified atom stereocenters. The van der Waals surface area contributed by atoms with Gasteiger partial charge in [-0.25, -0.2) is 4.98 Å². The van der Waals surface area contributed by atoms with Crippen molar-refractivity contribution in [3.8, 4) is 16.9 Å². The van der Waals surface area contributed by atoms with Crippen molar-refractivity contribution in [3.63, 3.8) is 0 Å². The van der Waals surface area contributed by atoms with Crippen LogP contribution in [0.4, 0.5) is 26.3 Å². The van der Waals surface area contributed by atoms with E-state index < -0.39 is 30.9 Å². The molecule has 0 fully saturated rings. The van der Waals surface area contributed by atoms with Gasteiger partial charge in [0.2, 0.25) is 0 Å². The molecule has 3 aromatic heterocycles. The average Bonchev–Trinajstić information content (AvgIpc) is 3.25. The summed E-state index contributed by atoms with van der Waals surface area (Å²) < 4.78 is 85.1. The van der Waals surface area contributed by atoms with Gasteiger partial charge < -0.3 is 14.5 Å². The minimum absolute atomic E-state index is 0.0689. The van der Waals surface area contributed by atoms with E-state index in [0.717, 1.165) is 6.20 Å². The first-order valence-corrected chi connectivity index (χ1v) is 10.1. The van der Waals surface area contributed by atoms with Crippen LogP contribution in [-0.4, -0.2) is 39.2 Å². The number of aromatic nitrogens is 3. The molecule has 1 atom stereocenters. The van der Waals surface area contributed by atoms with Crippen LogP contribution in [0.3, 0.4) is 0 Å². The molecule has 12 heteroatoms. The summed E-state index contributed by atoms with van der Waals surface area (Å²) >= 11 is 0. The number of para-hydroxylation sites is 1. The van der Waals surface area contributed by atoms with E-state index in [9.17, 15) is 31.1 Å². The molecule has 3 heterocycles. The summed E-state index contributed by atoms with van der Waals surface area (Å²) in [5.41, 5.74) is 0.163. The highest BCUT2D eigenvalue weighted by atomic mass is 19.4. The zero-order valence-corrected chi connectivity index (χ0v) is 17.6. The van der Waals surface area contributed by atoms with Gasteiger partial charge in [-0.15, -0.1) is 0 Å². The van der Waals surface area contributed by atoms with Gasteiger partial charge in [0.05, 0.1) is 0 Å². The van der Waals surface area contributed by atoms with Crippen LogP contribution in [0.15, 0.2) is 73.3 Å². The largest absolute Gasteiger partial charge is 0.483 e. The van der Waals surface area contributed by atoms with Gasteiger partial charge in [0.1, 0.15) is 17.1 Å². The van der Waals surface area contributed by atoms with Crippen LogP contribution in [0, 0.1) is 0 Å². The summed E-state index contributed by atoms with van der Waals surface area (Å²) in [6.07, 6.45) is -4.32. The molecule has 4 aromatic rings. The van der Waals surface area contributed by atoms with Crippen LogP contribution in [-0.2, 0) is 0 Å². The Morgan fingerprint density at radius 3 is 2.43 bits per heavy atom. The number of alkyl halides is 6. The Kier molecular flexibility index (Phi) is 6.37. The quantitative estimate of drug-likeness (QED) is 0.366. The number of benzene rings is 1. The summed E-state index contributed by atoms with van der Waals surface area (Å²) in [5, 5.41) is 1.93. The predicted molar refractivity (Wildman–Crippen MR) is 113 cm³/mol. The number of imidazole rings is 1. The third-order valence-electron chi connectivity index (χ3n) is 4.90. The second-order valence-electron chi connectivity index (χ2n) is 7.41. The van der Waals surface area contributed by atoms with Crippen LogP contribution >= 0.6 is 0 Å². The molecule has 0 radical (unpaired) electrons. The topological polar surface area (TPSA) is 68.5 Å². The monoisotopic (exact) mass is 494 g/mol. The summed E-state index contributed by atoms with van der Waals surface area (Å²) in [6.45, 7) is -1.51. The molecule has 1 N–H and O–H groups in total. The molecule has 0 aliphatic heterocycles. The van der Waals surface area contributed by atoms with Crippen molar-refractivity contribution in [1.82, 2.24) is 19.7 Å². The minimum Gasteiger partial charge on any atom is -0.483 e. The fourth-order valence-corrected chi connectivity index (χ4v) is 3.41. The molecule has 0 aliphatic carbocycles. The third kappa shape index (κ3) is 5.53. The lowest BCUT2D eigenvalue weighted by atomic mass is 10.1. The number of ether oxygens (including phenoxy) is 1. The second-order valence-corrected chi connectivity index (χ2v) is 7.41. The van der Waals surface area contributed by atoms with Gasteiger partial charge in [-0.3, -0.25) is 9.78 Å². The number of hydrogen-bond acceptors (Lipinski definition) is 4. The SMILES string of the molecule is O=C(N[C@H](c1cccnc1)C(F)(F)F)c1cn2cccc(-c3ccccc3OCC(F)(F)F)c2n1. The number of carbonyl (C=O) groups is 1. The van der Waals surface area contributed by atoms with Crippen molar-refractivity contribution in [1.29, 1.82) is 0 Å². The number of carbonyl (C=O) groups excluding carboxylic acids is 1. The maximum Gasteiger partial charge on any atom is 0.422 e. The van der Waals surface area contributed by atoms with Crippen LogP contribution in [0.2, 0.25) is 0 Å². The van der Waals surface area contributed by atoms with E-state index in [4.69, 9.17) is 4.74 Å². The number of fused-ring (bicyclic) bond motifs is 1. The van der Waals surface area contributed by atoms with Gasteiger partial charge in [-0.2, -0.15) is 26.3 Å². The number of halogens is 6. The molecule has 4 rings (SSSR count). The van der Waals surface area contributed by atoms with Gasteiger partial charge in [0.25, 0.3) is 5.91 Å². The minimum atomic E-state index is -4.79. The number of pyridine rings is 2. The Hall–Kier alpha value is -4.09. The van der Waals surface area contributed by atoms with Crippen LogP contribution in [0.25, 0.3) is 16.8 Å².